The maximum Gasteiger partial charge on any atom is 0.408 e. The van der Waals surface area contributed by atoms with Gasteiger partial charge in [0.1, 0.15) is 24.9 Å². The van der Waals surface area contributed by atoms with E-state index in [1.807, 2.05) is 58.0 Å². The topological polar surface area (TPSA) is 111 Å². The van der Waals surface area contributed by atoms with Crippen LogP contribution < -0.4 is 5.32 Å². The van der Waals surface area contributed by atoms with Gasteiger partial charge in [0.2, 0.25) is 0 Å². The van der Waals surface area contributed by atoms with Gasteiger partial charge in [-0.05, 0) is 45.6 Å². The molecule has 1 aromatic rings. The van der Waals surface area contributed by atoms with Crippen LogP contribution in [0.25, 0.3) is 0 Å². The van der Waals surface area contributed by atoms with E-state index in [-0.39, 0.29) is 19.1 Å². The lowest BCUT2D eigenvalue weighted by atomic mass is 10.0. The van der Waals surface area contributed by atoms with Crippen LogP contribution in [-0.4, -0.2) is 67.0 Å². The highest BCUT2D eigenvalue weighted by atomic mass is 16.8. The van der Waals surface area contributed by atoms with Gasteiger partial charge < -0.3 is 38.5 Å². The predicted molar refractivity (Wildman–Crippen MR) is 126 cm³/mol. The summed E-state index contributed by atoms with van der Waals surface area (Å²) < 4.78 is 41.0. The summed E-state index contributed by atoms with van der Waals surface area (Å²) in [4.78, 5) is 25.9. The monoisotopic (exact) mass is 507 g/mol. The Balaban J connectivity index is 1.44. The van der Waals surface area contributed by atoms with Crippen molar-refractivity contribution in [3.05, 3.63) is 35.9 Å². The third kappa shape index (κ3) is 6.54. The van der Waals surface area contributed by atoms with Crippen molar-refractivity contribution in [1.82, 2.24) is 5.32 Å². The Hall–Kier alpha value is -2.24. The summed E-state index contributed by atoms with van der Waals surface area (Å²) in [6, 6.07) is 8.39. The van der Waals surface area contributed by atoms with Crippen LogP contribution in [0.1, 0.15) is 53.5 Å². The van der Waals surface area contributed by atoms with Gasteiger partial charge in [-0.25, -0.2) is 9.59 Å². The van der Waals surface area contributed by atoms with Crippen LogP contribution in [0.4, 0.5) is 4.79 Å². The fourth-order valence-corrected chi connectivity index (χ4v) is 4.62. The van der Waals surface area contributed by atoms with E-state index in [9.17, 15) is 9.59 Å². The molecule has 10 nitrogen and oxygen atoms in total. The van der Waals surface area contributed by atoms with Gasteiger partial charge in [0.15, 0.2) is 30.1 Å². The van der Waals surface area contributed by atoms with Crippen molar-refractivity contribution >= 4 is 12.1 Å². The molecule has 0 spiro atoms. The van der Waals surface area contributed by atoms with E-state index in [0.717, 1.165) is 5.56 Å². The highest BCUT2D eigenvalue weighted by Gasteiger charge is 2.60. The minimum atomic E-state index is -0.916. The summed E-state index contributed by atoms with van der Waals surface area (Å²) in [6.45, 7) is 11.4. The molecule has 1 N–H and O–H groups in total. The molecule has 3 saturated heterocycles. The Kier molecular flexibility index (Phi) is 7.92. The first-order valence-electron chi connectivity index (χ1n) is 12.4. The number of fused-ring (bicyclic) bond motifs is 1. The maximum absolute atomic E-state index is 13.4. The number of rotatable bonds is 8. The van der Waals surface area contributed by atoms with Crippen LogP contribution in [0.2, 0.25) is 0 Å². The van der Waals surface area contributed by atoms with Crippen LogP contribution in [-0.2, 0) is 44.6 Å². The summed E-state index contributed by atoms with van der Waals surface area (Å²) in [5.41, 5.74) is 0.843. The molecule has 4 rings (SSSR count). The lowest BCUT2D eigenvalue weighted by Gasteiger charge is -2.30. The van der Waals surface area contributed by atoms with Gasteiger partial charge in [-0.3, -0.25) is 0 Å². The van der Waals surface area contributed by atoms with Crippen LogP contribution in [0, 0.1) is 5.92 Å². The maximum atomic E-state index is 13.4. The first kappa shape index (κ1) is 26.8. The second-order valence-electron chi connectivity index (χ2n) is 10.7. The molecule has 0 aromatic heterocycles. The number of benzene rings is 1. The van der Waals surface area contributed by atoms with Gasteiger partial charge in [0, 0.05) is 0 Å². The quantitative estimate of drug-likeness (QED) is 0.530. The van der Waals surface area contributed by atoms with Gasteiger partial charge in [-0.15, -0.1) is 0 Å². The van der Waals surface area contributed by atoms with E-state index in [1.165, 1.54) is 0 Å². The van der Waals surface area contributed by atoms with E-state index in [0.29, 0.717) is 6.42 Å². The molecule has 1 aromatic carbocycles. The molecule has 36 heavy (non-hydrogen) atoms. The number of carbonyl (C=O) groups excluding carboxylic acids is 2. The molecular weight excluding hydrogens is 470 g/mol. The molecule has 0 radical (unpaired) electrons. The van der Waals surface area contributed by atoms with E-state index in [1.54, 1.807) is 13.8 Å². The van der Waals surface area contributed by atoms with E-state index >= 15 is 0 Å². The second kappa shape index (κ2) is 10.6. The summed E-state index contributed by atoms with van der Waals surface area (Å²) in [5, 5.41) is 2.66. The first-order valence-corrected chi connectivity index (χ1v) is 12.4. The normalized spacial score (nSPS) is 31.1. The largest absolute Gasteiger partial charge is 0.455 e. The second-order valence-corrected chi connectivity index (χ2v) is 10.7. The molecule has 10 heteroatoms. The SMILES string of the molecule is CC(C)C[C@H](NC(=O)OCc1ccccc1)C(=O)O[C@H]1[C@@H]2OC(C)(C)O[C@H]2O[C@H]1[C@@H]1COC(C)(C)O1. The molecule has 3 aliphatic heterocycles. The summed E-state index contributed by atoms with van der Waals surface area (Å²) >= 11 is 0. The lowest BCUT2D eigenvalue weighted by Crippen LogP contribution is -2.49. The number of alkyl carbamates (subject to hydrolysis) is 1. The van der Waals surface area contributed by atoms with Crippen molar-refractivity contribution in [3.8, 4) is 0 Å². The zero-order valence-corrected chi connectivity index (χ0v) is 21.7. The highest BCUT2D eigenvalue weighted by molar-refractivity contribution is 5.81. The fraction of sp³-hybridized carbons (Fsp3) is 0.692. The predicted octanol–water partition coefficient (Wildman–Crippen LogP) is 3.27. The van der Waals surface area contributed by atoms with Crippen molar-refractivity contribution in [1.29, 1.82) is 0 Å². The van der Waals surface area contributed by atoms with Gasteiger partial charge in [-0.1, -0.05) is 44.2 Å². The Bertz CT molecular complexity index is 919. The summed E-state index contributed by atoms with van der Waals surface area (Å²) in [6.07, 6.45) is -3.66. The first-order chi connectivity index (χ1) is 16.9. The Morgan fingerprint density at radius 1 is 1.03 bits per heavy atom. The molecule has 0 saturated carbocycles. The van der Waals surface area contributed by atoms with Gasteiger partial charge in [-0.2, -0.15) is 0 Å². The van der Waals surface area contributed by atoms with Crippen molar-refractivity contribution in [2.24, 2.45) is 5.92 Å². The van der Waals surface area contributed by atoms with Crippen molar-refractivity contribution < 1.29 is 42.7 Å². The van der Waals surface area contributed by atoms with E-state index in [4.69, 9.17) is 33.2 Å². The Morgan fingerprint density at radius 2 is 1.75 bits per heavy atom. The van der Waals surface area contributed by atoms with Gasteiger partial charge in [0.25, 0.3) is 0 Å². The van der Waals surface area contributed by atoms with Crippen molar-refractivity contribution in [3.63, 3.8) is 0 Å². The highest BCUT2D eigenvalue weighted by Crippen LogP contribution is 2.42. The standard InChI is InChI=1S/C26H37NO9/c1-15(2)12-17(27-24(29)30-13-16-10-8-7-9-11-16)22(28)32-20-19(18-14-31-25(3,4)34-18)33-23-21(20)35-26(5,6)36-23/h7-11,15,17-21,23H,12-14H2,1-6H3,(H,27,29)/t17-,18-,19-,20+,21-,23+/m0/s1. The van der Waals surface area contributed by atoms with Crippen LogP contribution >= 0.6 is 0 Å². The third-order valence-electron chi connectivity index (χ3n) is 6.17. The number of nitrogens with one attached hydrogen (secondary N) is 1. The summed E-state index contributed by atoms with van der Waals surface area (Å²) in [7, 11) is 0. The zero-order chi connectivity index (χ0) is 26.1. The van der Waals surface area contributed by atoms with E-state index < -0.39 is 60.4 Å². The molecule has 0 aliphatic carbocycles. The molecule has 0 unspecified atom stereocenters. The molecular formula is C26H37NO9. The molecule has 3 heterocycles. The molecule has 1 amide bonds. The van der Waals surface area contributed by atoms with Crippen molar-refractivity contribution in [2.75, 3.05) is 6.61 Å². The smallest absolute Gasteiger partial charge is 0.408 e. The molecule has 3 aliphatic rings. The fourth-order valence-electron chi connectivity index (χ4n) is 4.62. The van der Waals surface area contributed by atoms with Crippen LogP contribution in [0.5, 0.6) is 0 Å². The molecule has 3 fully saturated rings. The molecule has 0 bridgehead atoms. The lowest BCUT2D eigenvalue weighted by molar-refractivity contribution is -0.235. The Labute approximate surface area is 211 Å². The number of hydrogen-bond acceptors (Lipinski definition) is 9. The number of ether oxygens (including phenoxy) is 7. The Morgan fingerprint density at radius 3 is 2.39 bits per heavy atom. The van der Waals surface area contributed by atoms with Crippen LogP contribution in [0.15, 0.2) is 30.3 Å². The minimum Gasteiger partial charge on any atom is -0.455 e. The number of hydrogen-bond donors (Lipinski definition) is 1. The minimum absolute atomic E-state index is 0.0908. The van der Waals surface area contributed by atoms with Crippen molar-refractivity contribution in [2.45, 2.75) is 103 Å². The average molecular weight is 508 g/mol. The average Bonchev–Trinajstić information content (AvgIpc) is 3.41. The number of esters is 1. The third-order valence-corrected chi connectivity index (χ3v) is 6.17. The number of amides is 1. The molecule has 200 valence electrons. The van der Waals surface area contributed by atoms with Crippen LogP contribution in [0.3, 0.4) is 0 Å². The van der Waals surface area contributed by atoms with E-state index in [2.05, 4.69) is 5.32 Å². The number of carbonyl (C=O) groups is 2. The van der Waals surface area contributed by atoms with Gasteiger partial charge in [0.05, 0.1) is 6.61 Å². The zero-order valence-electron chi connectivity index (χ0n) is 21.7. The summed E-state index contributed by atoms with van der Waals surface area (Å²) in [5.74, 6) is -2.18. The van der Waals surface area contributed by atoms with Gasteiger partial charge >= 0.3 is 12.1 Å². The molecule has 6 atom stereocenters.